The Morgan fingerprint density at radius 1 is 1.30 bits per heavy atom. The molecule has 8 nitrogen and oxygen atoms in total. The summed E-state index contributed by atoms with van der Waals surface area (Å²) in [4.78, 5) is 13.0. The van der Waals surface area contributed by atoms with Gasteiger partial charge in [-0.3, -0.25) is 4.79 Å². The van der Waals surface area contributed by atoms with Crippen molar-refractivity contribution in [1.82, 2.24) is 10.6 Å². The largest absolute Gasteiger partial charge is 0.390 e. The van der Waals surface area contributed by atoms with Crippen LogP contribution >= 0.6 is 23.4 Å². The number of halogens is 1. The van der Waals surface area contributed by atoms with Crippen LogP contribution in [0.2, 0.25) is 0 Å². The number of carbonyl (C=O) groups excluding carboxylic acids is 1. The molecule has 7 N–H and O–H groups in total. The molecule has 9 atom stereocenters. The minimum atomic E-state index is -1.32. The molecule has 0 saturated carbocycles. The number of nitrogens with two attached hydrogens (primary N) is 1. The number of rotatable bonds is 8. The van der Waals surface area contributed by atoms with Crippen molar-refractivity contribution in [1.29, 1.82) is 0 Å². The summed E-state index contributed by atoms with van der Waals surface area (Å²) in [6.45, 7) is 3.23. The highest BCUT2D eigenvalue weighted by molar-refractivity contribution is 7.99. The number of alkyl halides is 1. The normalized spacial score (nSPS) is 37.6. The molecule has 2 saturated heterocycles. The van der Waals surface area contributed by atoms with Crippen LogP contribution in [0.3, 0.4) is 0 Å². The molecule has 4 unspecified atom stereocenters. The summed E-state index contributed by atoms with van der Waals surface area (Å²) < 4.78 is 5.97. The Kier molecular flexibility index (Phi) is 11.1. The summed E-state index contributed by atoms with van der Waals surface area (Å²) in [6, 6.07) is -0.881. The van der Waals surface area contributed by atoms with Crippen molar-refractivity contribution in [2.45, 2.75) is 92.8 Å². The van der Waals surface area contributed by atoms with Crippen molar-refractivity contribution in [2.75, 3.05) is 19.3 Å². The van der Waals surface area contributed by atoms with Crippen LogP contribution in [0.5, 0.6) is 0 Å². The molecule has 176 valence electrons. The number of carbonyl (C=O) groups is 1. The van der Waals surface area contributed by atoms with Gasteiger partial charge in [-0.1, -0.05) is 0 Å². The highest BCUT2D eigenvalue weighted by Crippen LogP contribution is 2.29. The smallest absolute Gasteiger partial charge is 0.237 e. The molecule has 2 aliphatic heterocycles. The molecule has 2 rings (SSSR count). The lowest BCUT2D eigenvalue weighted by molar-refractivity contribution is -0.125. The Morgan fingerprint density at radius 2 is 2.03 bits per heavy atom. The minimum absolute atomic E-state index is 0.0660. The third-order valence-electron chi connectivity index (χ3n) is 6.18. The molecule has 10 heteroatoms. The van der Waals surface area contributed by atoms with E-state index in [4.69, 9.17) is 22.1 Å². The zero-order chi connectivity index (χ0) is 22.3. The van der Waals surface area contributed by atoms with Gasteiger partial charge in [0.25, 0.3) is 0 Å². The number of ether oxygens (including phenoxy) is 1. The molecule has 0 aromatic heterocycles. The molecule has 0 aromatic rings. The maximum Gasteiger partial charge on any atom is 0.237 e. The van der Waals surface area contributed by atoms with Gasteiger partial charge in [0, 0.05) is 6.42 Å². The average Bonchev–Trinajstić information content (AvgIpc) is 3.02. The molecular weight excluding hydrogens is 430 g/mol. The lowest BCUT2D eigenvalue weighted by Gasteiger charge is -2.32. The number of hydrogen-bond donors (Lipinski definition) is 6. The third kappa shape index (κ3) is 7.20. The molecule has 0 spiro atoms. The fraction of sp³-hybridized carbons (Fsp3) is 0.950. The van der Waals surface area contributed by atoms with Crippen molar-refractivity contribution in [2.24, 2.45) is 11.7 Å². The second-order valence-corrected chi connectivity index (χ2v) is 10.1. The number of aliphatic hydroxyl groups excluding tert-OH is 3. The van der Waals surface area contributed by atoms with Crippen LogP contribution in [0.1, 0.15) is 45.4 Å². The maximum absolute atomic E-state index is 13.0. The first kappa shape index (κ1) is 26.1. The van der Waals surface area contributed by atoms with Gasteiger partial charge in [0.2, 0.25) is 5.91 Å². The van der Waals surface area contributed by atoms with Gasteiger partial charge in [-0.25, -0.2) is 0 Å². The van der Waals surface area contributed by atoms with Crippen LogP contribution in [0, 0.1) is 5.92 Å². The monoisotopic (exact) mass is 467 g/mol. The lowest BCUT2D eigenvalue weighted by atomic mass is 9.94. The van der Waals surface area contributed by atoms with E-state index >= 15 is 0 Å². The topological polar surface area (TPSA) is 137 Å². The number of thioether (sulfide) groups is 1. The summed E-state index contributed by atoms with van der Waals surface area (Å²) in [5, 5.41) is 36.5. The van der Waals surface area contributed by atoms with Crippen molar-refractivity contribution in [3.05, 3.63) is 0 Å². The van der Waals surface area contributed by atoms with Crippen molar-refractivity contribution in [3.8, 4) is 0 Å². The summed E-state index contributed by atoms with van der Waals surface area (Å²) in [7, 11) is 0. The fourth-order valence-electron chi connectivity index (χ4n) is 4.30. The van der Waals surface area contributed by atoms with Gasteiger partial charge >= 0.3 is 0 Å². The van der Waals surface area contributed by atoms with Crippen molar-refractivity contribution in [3.63, 3.8) is 0 Å². The lowest BCUT2D eigenvalue weighted by Crippen LogP contribution is -2.55. The summed E-state index contributed by atoms with van der Waals surface area (Å²) in [6.07, 6.45) is 2.30. The fourth-order valence-corrected chi connectivity index (χ4v) is 5.22. The predicted molar refractivity (Wildman–Crippen MR) is 119 cm³/mol. The van der Waals surface area contributed by atoms with Crippen LogP contribution in [-0.4, -0.2) is 87.9 Å². The van der Waals surface area contributed by atoms with Gasteiger partial charge in [0.15, 0.2) is 0 Å². The van der Waals surface area contributed by atoms with Gasteiger partial charge in [0.1, 0.15) is 17.6 Å². The first-order valence-corrected chi connectivity index (χ1v) is 12.6. The number of hydrogen-bond acceptors (Lipinski definition) is 8. The molecule has 2 heterocycles. The van der Waals surface area contributed by atoms with Gasteiger partial charge in [-0.15, -0.1) is 23.4 Å². The number of aliphatic hydroxyl groups is 3. The Morgan fingerprint density at radius 3 is 2.67 bits per heavy atom. The van der Waals surface area contributed by atoms with E-state index in [9.17, 15) is 20.1 Å². The van der Waals surface area contributed by atoms with E-state index in [2.05, 4.69) is 10.6 Å². The Balaban J connectivity index is 2.03. The second kappa shape index (κ2) is 12.8. The van der Waals surface area contributed by atoms with E-state index in [0.29, 0.717) is 12.5 Å². The highest BCUT2D eigenvalue weighted by atomic mass is 35.5. The molecule has 2 fully saturated rings. The van der Waals surface area contributed by atoms with Crippen LogP contribution < -0.4 is 16.4 Å². The predicted octanol–water partition coefficient (Wildman–Crippen LogP) is 0.156. The van der Waals surface area contributed by atoms with Gasteiger partial charge < -0.3 is 36.4 Å². The second-order valence-electron chi connectivity index (χ2n) is 8.44. The Labute approximate surface area is 188 Å². The molecule has 2 aliphatic rings. The highest BCUT2D eigenvalue weighted by Gasteiger charge is 2.42. The summed E-state index contributed by atoms with van der Waals surface area (Å²) in [5.41, 5.74) is 4.89. The molecule has 0 aromatic carbocycles. The number of amides is 1. The van der Waals surface area contributed by atoms with Crippen LogP contribution in [0.25, 0.3) is 0 Å². The minimum Gasteiger partial charge on any atom is -0.390 e. The van der Waals surface area contributed by atoms with E-state index in [0.717, 1.165) is 38.6 Å². The van der Waals surface area contributed by atoms with E-state index in [1.54, 1.807) is 13.2 Å². The van der Waals surface area contributed by atoms with Gasteiger partial charge in [0.05, 0.1) is 29.7 Å². The summed E-state index contributed by atoms with van der Waals surface area (Å²) in [5.74, 6) is 0.434. The third-order valence-corrected chi connectivity index (χ3v) is 7.31. The zero-order valence-corrected chi connectivity index (χ0v) is 19.4. The van der Waals surface area contributed by atoms with E-state index < -0.39 is 41.3 Å². The Bertz CT molecular complexity index is 533. The quantitative estimate of drug-likeness (QED) is 0.278. The van der Waals surface area contributed by atoms with E-state index in [1.807, 2.05) is 0 Å². The first-order valence-electron chi connectivity index (χ1n) is 10.9. The van der Waals surface area contributed by atoms with E-state index in [-0.39, 0.29) is 18.4 Å². The van der Waals surface area contributed by atoms with Crippen molar-refractivity contribution < 1.29 is 24.9 Å². The molecular formula is C20H38ClN3O5S. The molecule has 0 radical (unpaired) electrons. The van der Waals surface area contributed by atoms with E-state index in [1.165, 1.54) is 11.8 Å². The molecule has 1 amide bonds. The number of nitrogens with one attached hydrogen (secondary N) is 2. The van der Waals surface area contributed by atoms with Crippen LogP contribution in [-0.2, 0) is 9.53 Å². The standard InChI is InChI=1S/C20H38ClN3O5S/c1-11(21)16(15-10-14(25)17(26)18(27)20(29-15)30-2)24-19(28)13-6-5-12(4-3-8-22)7-9-23-13/h11-18,20,23,25-27H,3-10,22H2,1-2H3,(H,24,28)/t11-,12-,13-,14?,15?,16+,17?,18+,20?/m0/s1. The zero-order valence-electron chi connectivity index (χ0n) is 17.9. The summed E-state index contributed by atoms with van der Waals surface area (Å²) >= 11 is 7.64. The molecule has 0 bridgehead atoms. The SMILES string of the molecule is CSC1OC([C@H](NC(=O)[C@@H]2CC[C@H](CCCN)CCN2)[C@H](C)Cl)CC(O)C(O)[C@H]1O. The first-order chi connectivity index (χ1) is 14.3. The maximum atomic E-state index is 13.0. The van der Waals surface area contributed by atoms with Crippen molar-refractivity contribution >= 4 is 29.3 Å². The van der Waals surface area contributed by atoms with Crippen LogP contribution in [0.4, 0.5) is 0 Å². The average molecular weight is 468 g/mol. The molecule has 30 heavy (non-hydrogen) atoms. The Hall–Kier alpha value is -0.130. The van der Waals surface area contributed by atoms with Crippen LogP contribution in [0.15, 0.2) is 0 Å². The van der Waals surface area contributed by atoms with Gasteiger partial charge in [-0.2, -0.15) is 0 Å². The van der Waals surface area contributed by atoms with Gasteiger partial charge in [-0.05, 0) is 64.3 Å². The molecule has 0 aliphatic carbocycles.